The molecule has 0 amide bonds. The van der Waals surface area contributed by atoms with E-state index in [0.29, 0.717) is 12.3 Å². The first-order valence-electron chi connectivity index (χ1n) is 6.59. The van der Waals surface area contributed by atoms with Gasteiger partial charge in [0.25, 0.3) is 5.92 Å². The summed E-state index contributed by atoms with van der Waals surface area (Å²) in [6.07, 6.45) is 0.562. The van der Waals surface area contributed by atoms with Crippen LogP contribution in [0.5, 0.6) is 0 Å². The predicted octanol–water partition coefficient (Wildman–Crippen LogP) is 2.94. The number of halogens is 2. The molecule has 2 nitrogen and oxygen atoms in total. The zero-order valence-corrected chi connectivity index (χ0v) is 12.1. The van der Waals surface area contributed by atoms with E-state index in [0.717, 1.165) is 13.1 Å². The molecule has 1 rings (SSSR count). The smallest absolute Gasteiger partial charge is 0.275 e. The SMILES string of the molecule is CC.CC(C)CN(C)C1CCN(C)CC1(F)F. The minimum absolute atomic E-state index is 0.111. The van der Waals surface area contributed by atoms with Crippen LogP contribution < -0.4 is 0 Å². The van der Waals surface area contributed by atoms with E-state index in [4.69, 9.17) is 0 Å². The van der Waals surface area contributed by atoms with Crippen LogP contribution >= 0.6 is 0 Å². The second-order valence-electron chi connectivity index (χ2n) is 5.14. The molecule has 1 heterocycles. The van der Waals surface area contributed by atoms with Gasteiger partial charge in [-0.15, -0.1) is 0 Å². The molecule has 0 N–H and O–H groups in total. The Morgan fingerprint density at radius 3 is 2.29 bits per heavy atom. The van der Waals surface area contributed by atoms with Crippen LogP contribution in [0.2, 0.25) is 0 Å². The maximum Gasteiger partial charge on any atom is 0.275 e. The van der Waals surface area contributed by atoms with Crippen LogP contribution in [0.4, 0.5) is 8.78 Å². The molecule has 0 saturated carbocycles. The molecule has 0 aromatic carbocycles. The third-order valence-electron chi connectivity index (χ3n) is 2.94. The van der Waals surface area contributed by atoms with Crippen molar-refractivity contribution >= 4 is 0 Å². The normalized spacial score (nSPS) is 24.7. The third-order valence-corrected chi connectivity index (χ3v) is 2.94. The Morgan fingerprint density at radius 1 is 1.35 bits per heavy atom. The molecular formula is C13H28F2N2. The molecule has 1 fully saturated rings. The van der Waals surface area contributed by atoms with Crippen molar-refractivity contribution in [3.8, 4) is 0 Å². The first kappa shape index (κ1) is 16.8. The highest BCUT2D eigenvalue weighted by atomic mass is 19.3. The quantitative estimate of drug-likeness (QED) is 0.760. The molecule has 0 bridgehead atoms. The van der Waals surface area contributed by atoms with Gasteiger partial charge in [-0.25, -0.2) is 8.78 Å². The molecule has 1 atom stereocenters. The van der Waals surface area contributed by atoms with E-state index < -0.39 is 12.0 Å². The maximum absolute atomic E-state index is 13.7. The Bertz CT molecular complexity index is 208. The molecule has 1 saturated heterocycles. The van der Waals surface area contributed by atoms with Gasteiger partial charge >= 0.3 is 0 Å². The lowest BCUT2D eigenvalue weighted by Gasteiger charge is -2.41. The van der Waals surface area contributed by atoms with Gasteiger partial charge in [-0.1, -0.05) is 27.7 Å². The Balaban J connectivity index is 0.00000121. The Hall–Kier alpha value is -0.220. The monoisotopic (exact) mass is 250 g/mol. The minimum Gasteiger partial charge on any atom is -0.300 e. The van der Waals surface area contributed by atoms with Crippen molar-refractivity contribution in [1.29, 1.82) is 0 Å². The fraction of sp³-hybridized carbons (Fsp3) is 1.00. The lowest BCUT2D eigenvalue weighted by Crippen LogP contribution is -2.57. The summed E-state index contributed by atoms with van der Waals surface area (Å²) in [5, 5.41) is 0. The fourth-order valence-electron chi connectivity index (χ4n) is 2.34. The Kier molecular flexibility index (Phi) is 7.17. The average Bonchev–Trinajstić information content (AvgIpc) is 2.17. The summed E-state index contributed by atoms with van der Waals surface area (Å²) in [5.74, 6) is -2.14. The number of likely N-dealkylation sites (tertiary alicyclic amines) is 1. The van der Waals surface area contributed by atoms with Crippen LogP contribution in [-0.2, 0) is 0 Å². The van der Waals surface area contributed by atoms with Crippen molar-refractivity contribution in [3.63, 3.8) is 0 Å². The van der Waals surface area contributed by atoms with E-state index >= 15 is 0 Å². The number of hydrogen-bond donors (Lipinski definition) is 0. The van der Waals surface area contributed by atoms with Gasteiger partial charge in [-0.05, 0) is 33.0 Å². The molecule has 0 aliphatic carbocycles. The van der Waals surface area contributed by atoms with Crippen molar-refractivity contribution in [2.24, 2.45) is 5.92 Å². The summed E-state index contributed by atoms with van der Waals surface area (Å²) in [6, 6.07) is -0.587. The second-order valence-corrected chi connectivity index (χ2v) is 5.14. The maximum atomic E-state index is 13.7. The molecule has 1 aliphatic rings. The zero-order valence-electron chi connectivity index (χ0n) is 12.1. The Morgan fingerprint density at radius 2 is 1.88 bits per heavy atom. The lowest BCUT2D eigenvalue weighted by atomic mass is 9.99. The van der Waals surface area contributed by atoms with Gasteiger partial charge in [0, 0.05) is 6.54 Å². The van der Waals surface area contributed by atoms with Crippen molar-refractivity contribution in [2.75, 3.05) is 33.7 Å². The summed E-state index contributed by atoms with van der Waals surface area (Å²) < 4.78 is 27.5. The van der Waals surface area contributed by atoms with Gasteiger partial charge in [-0.3, -0.25) is 4.90 Å². The first-order chi connectivity index (χ1) is 7.83. The van der Waals surface area contributed by atoms with E-state index in [2.05, 4.69) is 13.8 Å². The van der Waals surface area contributed by atoms with Gasteiger partial charge in [0.15, 0.2) is 0 Å². The number of nitrogens with zero attached hydrogens (tertiary/aromatic N) is 2. The lowest BCUT2D eigenvalue weighted by molar-refractivity contribution is -0.119. The van der Waals surface area contributed by atoms with Crippen molar-refractivity contribution in [3.05, 3.63) is 0 Å². The van der Waals surface area contributed by atoms with Crippen LogP contribution in [0.15, 0.2) is 0 Å². The average molecular weight is 250 g/mol. The number of piperidine rings is 1. The fourth-order valence-corrected chi connectivity index (χ4v) is 2.34. The van der Waals surface area contributed by atoms with Crippen LogP contribution in [0.1, 0.15) is 34.1 Å². The largest absolute Gasteiger partial charge is 0.300 e. The summed E-state index contributed by atoms with van der Waals surface area (Å²) in [4.78, 5) is 3.53. The van der Waals surface area contributed by atoms with Crippen LogP contribution in [-0.4, -0.2) is 55.5 Å². The first-order valence-corrected chi connectivity index (χ1v) is 6.59. The minimum atomic E-state index is -2.57. The summed E-state index contributed by atoms with van der Waals surface area (Å²) >= 11 is 0. The van der Waals surface area contributed by atoms with Crippen molar-refractivity contribution < 1.29 is 8.78 Å². The van der Waals surface area contributed by atoms with E-state index in [-0.39, 0.29) is 6.54 Å². The molecule has 104 valence electrons. The molecule has 0 aromatic rings. The highest BCUT2D eigenvalue weighted by Crippen LogP contribution is 2.30. The van der Waals surface area contributed by atoms with Crippen LogP contribution in [0.3, 0.4) is 0 Å². The van der Waals surface area contributed by atoms with Gasteiger partial charge < -0.3 is 4.90 Å². The molecular weight excluding hydrogens is 222 g/mol. The Labute approximate surface area is 105 Å². The number of hydrogen-bond acceptors (Lipinski definition) is 2. The molecule has 0 spiro atoms. The number of alkyl halides is 2. The highest BCUT2D eigenvalue weighted by Gasteiger charge is 2.45. The third kappa shape index (κ3) is 5.30. The van der Waals surface area contributed by atoms with Gasteiger partial charge in [0.2, 0.25) is 0 Å². The highest BCUT2D eigenvalue weighted by molar-refractivity contribution is 4.91. The molecule has 1 unspecified atom stereocenters. The van der Waals surface area contributed by atoms with Gasteiger partial charge in [-0.2, -0.15) is 0 Å². The molecule has 4 heteroatoms. The van der Waals surface area contributed by atoms with E-state index in [1.807, 2.05) is 25.8 Å². The molecule has 0 aromatic heterocycles. The van der Waals surface area contributed by atoms with Crippen LogP contribution in [0, 0.1) is 5.92 Å². The van der Waals surface area contributed by atoms with E-state index in [1.54, 1.807) is 11.9 Å². The van der Waals surface area contributed by atoms with Crippen molar-refractivity contribution in [1.82, 2.24) is 9.80 Å². The zero-order chi connectivity index (χ0) is 13.6. The summed E-state index contributed by atoms with van der Waals surface area (Å²) in [6.45, 7) is 9.51. The summed E-state index contributed by atoms with van der Waals surface area (Å²) in [7, 11) is 3.57. The summed E-state index contributed by atoms with van der Waals surface area (Å²) in [5.41, 5.74) is 0. The van der Waals surface area contributed by atoms with E-state index in [9.17, 15) is 8.78 Å². The molecule has 17 heavy (non-hydrogen) atoms. The number of rotatable bonds is 3. The topological polar surface area (TPSA) is 6.48 Å². The van der Waals surface area contributed by atoms with Crippen molar-refractivity contribution in [2.45, 2.75) is 46.1 Å². The van der Waals surface area contributed by atoms with E-state index in [1.165, 1.54) is 0 Å². The molecule has 1 aliphatic heterocycles. The second kappa shape index (κ2) is 7.27. The predicted molar refractivity (Wildman–Crippen MR) is 69.7 cm³/mol. The van der Waals surface area contributed by atoms with Gasteiger partial charge in [0.1, 0.15) is 0 Å². The van der Waals surface area contributed by atoms with Gasteiger partial charge in [0.05, 0.1) is 12.6 Å². The molecule has 0 radical (unpaired) electrons. The standard InChI is InChI=1S/C11H22F2N2.C2H6/c1-9(2)7-15(4)10-5-6-14(3)8-11(10,12)13;1-2/h9-10H,5-8H2,1-4H3;1-2H3. The van der Waals surface area contributed by atoms with Crippen LogP contribution in [0.25, 0.3) is 0 Å².